The van der Waals surface area contributed by atoms with Gasteiger partial charge in [-0.25, -0.2) is 0 Å². The zero-order chi connectivity index (χ0) is 16.1. The summed E-state index contributed by atoms with van der Waals surface area (Å²) in [6.07, 6.45) is 0.682. The van der Waals surface area contributed by atoms with Gasteiger partial charge in [-0.15, -0.1) is 0 Å². The minimum absolute atomic E-state index is 0.157. The van der Waals surface area contributed by atoms with Gasteiger partial charge in [-0.05, 0) is 22.4 Å². The summed E-state index contributed by atoms with van der Waals surface area (Å²) in [6, 6.07) is 13.4. The highest BCUT2D eigenvalue weighted by Gasteiger charge is 2.18. The molecule has 5 heteroatoms. The lowest BCUT2D eigenvalue weighted by atomic mass is 10.1. The van der Waals surface area contributed by atoms with Gasteiger partial charge in [0, 0.05) is 29.1 Å². The van der Waals surface area contributed by atoms with E-state index < -0.39 is 0 Å². The maximum absolute atomic E-state index is 10.2. The molecule has 0 saturated carbocycles. The molecule has 0 saturated heterocycles. The molecule has 0 amide bonds. The molecule has 23 heavy (non-hydrogen) atoms. The van der Waals surface area contributed by atoms with Crippen LogP contribution in [0.5, 0.6) is 5.75 Å². The Kier molecular flexibility index (Phi) is 5.43. The second kappa shape index (κ2) is 7.73. The number of rotatable bonds is 7. The lowest BCUT2D eigenvalue weighted by molar-refractivity contribution is 0.322. The summed E-state index contributed by atoms with van der Waals surface area (Å²) in [5.41, 5.74) is 2.09. The molecule has 1 unspecified atom stereocenters. The predicted octanol–water partition coefficient (Wildman–Crippen LogP) is 4.72. The molecule has 0 aliphatic carbocycles. The summed E-state index contributed by atoms with van der Waals surface area (Å²) in [4.78, 5) is 0. The largest absolute Gasteiger partial charge is 0.504 e. The zero-order valence-electron chi connectivity index (χ0n) is 12.5. The molecule has 3 nitrogen and oxygen atoms in total. The molecule has 1 aromatic carbocycles. The Morgan fingerprint density at radius 2 is 2.00 bits per heavy atom. The van der Waals surface area contributed by atoms with Crippen LogP contribution in [-0.4, -0.2) is 22.6 Å². The first-order chi connectivity index (χ1) is 11.3. The Labute approximate surface area is 143 Å². The van der Waals surface area contributed by atoms with Gasteiger partial charge in [0.15, 0.2) is 11.5 Å². The second-order valence-electron chi connectivity index (χ2n) is 5.14. The molecule has 0 bridgehead atoms. The Balaban J connectivity index is 1.81. The van der Waals surface area contributed by atoms with Crippen LogP contribution in [0.15, 0.2) is 57.6 Å². The zero-order valence-corrected chi connectivity index (χ0v) is 14.1. The molecule has 3 rings (SSSR count). The summed E-state index contributed by atoms with van der Waals surface area (Å²) in [5, 5.41) is 23.6. The van der Waals surface area contributed by atoms with Gasteiger partial charge in [0.05, 0.1) is 6.61 Å². The van der Waals surface area contributed by atoms with E-state index in [2.05, 4.69) is 16.8 Å². The van der Waals surface area contributed by atoms with Crippen LogP contribution in [0.1, 0.15) is 16.6 Å². The van der Waals surface area contributed by atoms with Crippen molar-refractivity contribution in [1.29, 1.82) is 0 Å². The third-order valence-electron chi connectivity index (χ3n) is 3.51. The number of aromatic hydroxyl groups is 1. The Hall–Kier alpha value is -1.69. The quantitative estimate of drug-likeness (QED) is 0.650. The van der Waals surface area contributed by atoms with Gasteiger partial charge in [-0.2, -0.15) is 23.1 Å². The molecule has 2 N–H and O–H groups in total. The summed E-state index contributed by atoms with van der Waals surface area (Å²) >= 11 is 3.36. The van der Waals surface area contributed by atoms with Crippen molar-refractivity contribution in [2.45, 2.75) is 11.7 Å². The van der Waals surface area contributed by atoms with Crippen LogP contribution in [0.3, 0.4) is 0 Å². The first-order valence-electron chi connectivity index (χ1n) is 7.39. The van der Waals surface area contributed by atoms with Gasteiger partial charge in [0.25, 0.3) is 0 Å². The van der Waals surface area contributed by atoms with Gasteiger partial charge in [-0.1, -0.05) is 30.3 Å². The van der Waals surface area contributed by atoms with Crippen LogP contribution in [0.25, 0.3) is 11.3 Å². The number of thioether (sulfide) groups is 1. The van der Waals surface area contributed by atoms with E-state index in [1.165, 1.54) is 5.56 Å². The van der Waals surface area contributed by atoms with Crippen molar-refractivity contribution in [3.8, 4) is 17.1 Å². The molecule has 2 aromatic heterocycles. The number of furan rings is 1. The number of hydrogen-bond acceptors (Lipinski definition) is 5. The van der Waals surface area contributed by atoms with E-state index >= 15 is 0 Å². The fourth-order valence-electron chi connectivity index (χ4n) is 2.44. The lowest BCUT2D eigenvalue weighted by Crippen LogP contribution is -2.00. The standard InChI is InChI=1S/C18H18O3S2/c19-7-9-23-17(14-6-8-22-12-14)11-15-10-16(20)18(21-15)13-4-2-1-3-5-13/h1-6,8,10,12,17,19-20H,7,9,11H2. The van der Waals surface area contributed by atoms with Crippen molar-refractivity contribution in [2.24, 2.45) is 0 Å². The number of thiophene rings is 1. The minimum Gasteiger partial charge on any atom is -0.504 e. The molecule has 1 atom stereocenters. The smallest absolute Gasteiger partial charge is 0.175 e. The molecule has 120 valence electrons. The predicted molar refractivity (Wildman–Crippen MR) is 96.1 cm³/mol. The molecule has 0 aliphatic heterocycles. The third-order valence-corrected chi connectivity index (χ3v) is 5.47. The first kappa shape index (κ1) is 16.2. The van der Waals surface area contributed by atoms with Crippen molar-refractivity contribution >= 4 is 23.1 Å². The summed E-state index contributed by atoms with van der Waals surface area (Å²) < 4.78 is 5.89. The van der Waals surface area contributed by atoms with Crippen LogP contribution >= 0.6 is 23.1 Å². The van der Waals surface area contributed by atoms with E-state index in [1.807, 2.05) is 30.3 Å². The van der Waals surface area contributed by atoms with E-state index in [9.17, 15) is 5.11 Å². The number of aliphatic hydroxyl groups excluding tert-OH is 1. The Bertz CT molecular complexity index is 720. The minimum atomic E-state index is 0.157. The van der Waals surface area contributed by atoms with Crippen molar-refractivity contribution in [1.82, 2.24) is 0 Å². The average molecular weight is 346 g/mol. The Morgan fingerprint density at radius 3 is 2.70 bits per heavy atom. The van der Waals surface area contributed by atoms with Gasteiger partial charge < -0.3 is 14.6 Å². The highest BCUT2D eigenvalue weighted by molar-refractivity contribution is 7.99. The molecule has 0 fully saturated rings. The number of aliphatic hydroxyl groups is 1. The van der Waals surface area contributed by atoms with Gasteiger partial charge in [0.2, 0.25) is 0 Å². The molecular weight excluding hydrogens is 328 g/mol. The van der Waals surface area contributed by atoms with Crippen LogP contribution in [-0.2, 0) is 6.42 Å². The number of hydrogen-bond donors (Lipinski definition) is 2. The molecule has 3 aromatic rings. The molecule has 2 heterocycles. The first-order valence-corrected chi connectivity index (χ1v) is 9.38. The molecule has 0 radical (unpaired) electrons. The van der Waals surface area contributed by atoms with E-state index in [4.69, 9.17) is 9.52 Å². The van der Waals surface area contributed by atoms with Crippen LogP contribution < -0.4 is 0 Å². The van der Waals surface area contributed by atoms with Gasteiger partial charge in [0.1, 0.15) is 5.76 Å². The van der Waals surface area contributed by atoms with Crippen LogP contribution in [0.2, 0.25) is 0 Å². The van der Waals surface area contributed by atoms with E-state index in [1.54, 1.807) is 29.2 Å². The summed E-state index contributed by atoms with van der Waals surface area (Å²) in [7, 11) is 0. The second-order valence-corrected chi connectivity index (χ2v) is 7.23. The Morgan fingerprint density at radius 1 is 1.17 bits per heavy atom. The van der Waals surface area contributed by atoms with Crippen molar-refractivity contribution in [3.63, 3.8) is 0 Å². The SMILES string of the molecule is OCCSC(Cc1cc(O)c(-c2ccccc2)o1)c1ccsc1. The van der Waals surface area contributed by atoms with Gasteiger partial charge in [-0.3, -0.25) is 0 Å². The molecule has 0 aliphatic rings. The third kappa shape index (κ3) is 3.99. The molecular formula is C18H18O3S2. The molecule has 0 spiro atoms. The summed E-state index contributed by atoms with van der Waals surface area (Å²) in [5.74, 6) is 2.11. The van der Waals surface area contributed by atoms with E-state index in [-0.39, 0.29) is 17.6 Å². The fraction of sp³-hybridized carbons (Fsp3) is 0.222. The lowest BCUT2D eigenvalue weighted by Gasteiger charge is -2.13. The van der Waals surface area contributed by atoms with Crippen molar-refractivity contribution in [3.05, 3.63) is 64.5 Å². The topological polar surface area (TPSA) is 53.6 Å². The number of benzene rings is 1. The highest BCUT2D eigenvalue weighted by Crippen LogP contribution is 2.38. The monoisotopic (exact) mass is 346 g/mol. The normalized spacial score (nSPS) is 12.4. The fourth-order valence-corrected chi connectivity index (χ4v) is 4.25. The highest BCUT2D eigenvalue weighted by atomic mass is 32.2. The summed E-state index contributed by atoms with van der Waals surface area (Å²) in [6.45, 7) is 0.157. The maximum atomic E-state index is 10.2. The van der Waals surface area contributed by atoms with E-state index in [0.717, 1.165) is 11.3 Å². The van der Waals surface area contributed by atoms with Crippen LogP contribution in [0.4, 0.5) is 0 Å². The van der Waals surface area contributed by atoms with Crippen molar-refractivity contribution < 1.29 is 14.6 Å². The van der Waals surface area contributed by atoms with Crippen molar-refractivity contribution in [2.75, 3.05) is 12.4 Å². The van der Waals surface area contributed by atoms with E-state index in [0.29, 0.717) is 17.9 Å². The van der Waals surface area contributed by atoms with Crippen LogP contribution in [0, 0.1) is 0 Å². The van der Waals surface area contributed by atoms with Gasteiger partial charge >= 0.3 is 0 Å². The maximum Gasteiger partial charge on any atom is 0.175 e. The average Bonchev–Trinajstić information content (AvgIpc) is 3.22.